The van der Waals surface area contributed by atoms with Crippen molar-refractivity contribution in [3.8, 4) is 5.75 Å². The smallest absolute Gasteiger partial charge is 0.406 e. The van der Waals surface area contributed by atoms with Crippen LogP contribution < -0.4 is 15.0 Å². The maximum absolute atomic E-state index is 12.8. The quantitative estimate of drug-likeness (QED) is 0.668. The monoisotopic (exact) mass is 447 g/mol. The number of halogens is 3. The Hall–Kier alpha value is -2.86. The zero-order valence-corrected chi connectivity index (χ0v) is 17.1. The second-order valence-electron chi connectivity index (χ2n) is 6.51. The van der Waals surface area contributed by atoms with Gasteiger partial charge in [0, 0.05) is 26.8 Å². The SMILES string of the molecule is CC(O)CNC(=O)c1ncc(S(=O)(=O)c2ccc(OC(F)(F)F)cc2)cc1N(C)C. The highest BCUT2D eigenvalue weighted by atomic mass is 32.2. The topological polar surface area (TPSA) is 109 Å². The number of carbonyl (C=O) groups excluding carboxylic acids is 1. The molecular weight excluding hydrogens is 427 g/mol. The normalized spacial score (nSPS) is 12.9. The van der Waals surface area contributed by atoms with E-state index in [1.54, 1.807) is 14.1 Å². The molecule has 0 aliphatic carbocycles. The Morgan fingerprint density at radius 3 is 2.33 bits per heavy atom. The van der Waals surface area contributed by atoms with Gasteiger partial charge in [-0.15, -0.1) is 13.2 Å². The summed E-state index contributed by atoms with van der Waals surface area (Å²) in [5.41, 5.74) is 0.157. The summed E-state index contributed by atoms with van der Waals surface area (Å²) in [5.74, 6) is -1.16. The molecule has 0 saturated carbocycles. The maximum atomic E-state index is 12.8. The Balaban J connectivity index is 2.38. The third-order valence-corrected chi connectivity index (χ3v) is 5.51. The number of ether oxygens (including phenoxy) is 1. The summed E-state index contributed by atoms with van der Waals surface area (Å²) in [6.07, 6.45) is -4.68. The van der Waals surface area contributed by atoms with Crippen molar-refractivity contribution in [3.05, 3.63) is 42.2 Å². The summed E-state index contributed by atoms with van der Waals surface area (Å²) >= 11 is 0. The number of anilines is 1. The van der Waals surface area contributed by atoms with E-state index in [2.05, 4.69) is 15.0 Å². The van der Waals surface area contributed by atoms with Crippen LogP contribution >= 0.6 is 0 Å². The molecule has 0 aliphatic rings. The molecule has 0 spiro atoms. The molecule has 1 aromatic carbocycles. The number of hydrogen-bond donors (Lipinski definition) is 2. The van der Waals surface area contributed by atoms with Gasteiger partial charge >= 0.3 is 6.36 Å². The lowest BCUT2D eigenvalue weighted by Crippen LogP contribution is -2.32. The summed E-state index contributed by atoms with van der Waals surface area (Å²) in [7, 11) is -0.950. The van der Waals surface area contributed by atoms with Gasteiger partial charge in [-0.25, -0.2) is 13.4 Å². The maximum Gasteiger partial charge on any atom is 0.573 e. The van der Waals surface area contributed by atoms with Crippen LogP contribution in [0.3, 0.4) is 0 Å². The van der Waals surface area contributed by atoms with Gasteiger partial charge in [0.25, 0.3) is 5.91 Å². The number of aliphatic hydroxyl groups excluding tert-OH is 1. The molecule has 8 nitrogen and oxygen atoms in total. The van der Waals surface area contributed by atoms with Gasteiger partial charge in [0.1, 0.15) is 5.75 Å². The van der Waals surface area contributed by atoms with Crippen molar-refractivity contribution in [2.24, 2.45) is 0 Å². The average Bonchev–Trinajstić information content (AvgIpc) is 2.64. The van der Waals surface area contributed by atoms with Crippen LogP contribution in [-0.4, -0.2) is 57.5 Å². The standard InChI is InChI=1S/C18H20F3N3O5S/c1-11(25)9-23-17(26)16-15(24(2)3)8-14(10-22-16)30(27,28)13-6-4-12(5-7-13)29-18(19,20)21/h4-8,10-11,25H,9H2,1-3H3,(H,23,26). The number of aliphatic hydroxyl groups is 1. The molecule has 1 aromatic heterocycles. The highest BCUT2D eigenvalue weighted by molar-refractivity contribution is 7.91. The number of carbonyl (C=O) groups is 1. The van der Waals surface area contributed by atoms with Crippen LogP contribution in [0.15, 0.2) is 46.3 Å². The predicted octanol–water partition coefficient (Wildman–Crippen LogP) is 1.99. The summed E-state index contributed by atoms with van der Waals surface area (Å²) in [6, 6.07) is 4.97. The van der Waals surface area contributed by atoms with Crippen LogP contribution in [0, 0.1) is 0 Å². The minimum Gasteiger partial charge on any atom is -0.406 e. The molecule has 30 heavy (non-hydrogen) atoms. The van der Waals surface area contributed by atoms with Crippen LogP contribution in [-0.2, 0) is 9.84 Å². The number of sulfone groups is 1. The van der Waals surface area contributed by atoms with E-state index in [0.29, 0.717) is 0 Å². The fourth-order valence-electron chi connectivity index (χ4n) is 2.38. The first kappa shape index (κ1) is 23.4. The fourth-order valence-corrected chi connectivity index (χ4v) is 3.60. The van der Waals surface area contributed by atoms with Gasteiger partial charge < -0.3 is 20.1 Å². The molecule has 12 heteroatoms. The minimum atomic E-state index is -4.89. The number of aromatic nitrogens is 1. The number of benzene rings is 1. The van der Waals surface area contributed by atoms with E-state index in [1.165, 1.54) is 17.9 Å². The van der Waals surface area contributed by atoms with E-state index in [9.17, 15) is 31.5 Å². The van der Waals surface area contributed by atoms with Gasteiger partial charge in [0.05, 0.1) is 21.6 Å². The van der Waals surface area contributed by atoms with E-state index >= 15 is 0 Å². The summed E-state index contributed by atoms with van der Waals surface area (Å²) in [5, 5.41) is 11.8. The molecule has 164 valence electrons. The number of hydrogen-bond acceptors (Lipinski definition) is 7. The molecule has 2 aromatic rings. The van der Waals surface area contributed by atoms with E-state index in [4.69, 9.17) is 0 Å². The zero-order chi connectivity index (χ0) is 22.7. The lowest BCUT2D eigenvalue weighted by atomic mass is 10.2. The molecule has 0 saturated heterocycles. The summed E-state index contributed by atoms with van der Waals surface area (Å²) < 4.78 is 66.2. The van der Waals surface area contributed by atoms with Gasteiger partial charge in [-0.05, 0) is 37.3 Å². The fraction of sp³-hybridized carbons (Fsp3) is 0.333. The largest absolute Gasteiger partial charge is 0.573 e. The molecule has 0 aliphatic heterocycles. The Bertz CT molecular complexity index is 1010. The van der Waals surface area contributed by atoms with Gasteiger partial charge in [-0.1, -0.05) is 0 Å². The van der Waals surface area contributed by atoms with Crippen molar-refractivity contribution in [2.75, 3.05) is 25.5 Å². The second-order valence-corrected chi connectivity index (χ2v) is 8.46. The first-order valence-corrected chi connectivity index (χ1v) is 10.0. The van der Waals surface area contributed by atoms with Crippen LogP contribution in [0.5, 0.6) is 5.75 Å². The zero-order valence-electron chi connectivity index (χ0n) is 16.3. The first-order chi connectivity index (χ1) is 13.8. The van der Waals surface area contributed by atoms with E-state index in [0.717, 1.165) is 30.5 Å². The van der Waals surface area contributed by atoms with Gasteiger partial charge in [0.15, 0.2) is 5.69 Å². The number of rotatable bonds is 7. The molecule has 1 amide bonds. The number of nitrogens with one attached hydrogen (secondary N) is 1. The molecule has 2 N–H and O–H groups in total. The van der Waals surface area contributed by atoms with Gasteiger partial charge in [-0.2, -0.15) is 0 Å². The van der Waals surface area contributed by atoms with Crippen LogP contribution in [0.4, 0.5) is 18.9 Å². The molecule has 1 heterocycles. The highest BCUT2D eigenvalue weighted by Gasteiger charge is 2.31. The Morgan fingerprint density at radius 2 is 1.83 bits per heavy atom. The van der Waals surface area contributed by atoms with E-state index < -0.39 is 34.0 Å². The number of amides is 1. The minimum absolute atomic E-state index is 0.0141. The van der Waals surface area contributed by atoms with Crippen molar-refractivity contribution in [2.45, 2.75) is 29.2 Å². The third kappa shape index (κ3) is 5.83. The van der Waals surface area contributed by atoms with E-state index in [-0.39, 0.29) is 27.7 Å². The van der Waals surface area contributed by atoms with Gasteiger partial charge in [0.2, 0.25) is 9.84 Å². The number of alkyl halides is 3. The molecule has 0 fully saturated rings. The highest BCUT2D eigenvalue weighted by Crippen LogP contribution is 2.28. The molecule has 1 atom stereocenters. The second kappa shape index (κ2) is 8.88. The van der Waals surface area contributed by atoms with Crippen molar-refractivity contribution < 1.29 is 36.2 Å². The Kier molecular flexibility index (Phi) is 6.93. The number of nitrogens with zero attached hydrogens (tertiary/aromatic N) is 2. The van der Waals surface area contributed by atoms with Crippen molar-refractivity contribution in [1.29, 1.82) is 0 Å². The lowest BCUT2D eigenvalue weighted by molar-refractivity contribution is -0.274. The van der Waals surface area contributed by atoms with Crippen LogP contribution in [0.25, 0.3) is 0 Å². The molecule has 0 bridgehead atoms. The van der Waals surface area contributed by atoms with Crippen LogP contribution in [0.1, 0.15) is 17.4 Å². The summed E-state index contributed by atoms with van der Waals surface area (Å²) in [6.45, 7) is 1.47. The third-order valence-electron chi connectivity index (χ3n) is 3.78. The number of pyridine rings is 1. The first-order valence-electron chi connectivity index (χ1n) is 8.56. The molecule has 1 unspecified atom stereocenters. The van der Waals surface area contributed by atoms with Crippen molar-refractivity contribution >= 4 is 21.4 Å². The predicted molar refractivity (Wildman–Crippen MR) is 101 cm³/mol. The van der Waals surface area contributed by atoms with Crippen molar-refractivity contribution in [1.82, 2.24) is 10.3 Å². The van der Waals surface area contributed by atoms with Crippen molar-refractivity contribution in [3.63, 3.8) is 0 Å². The Morgan fingerprint density at radius 1 is 1.23 bits per heavy atom. The van der Waals surface area contributed by atoms with Gasteiger partial charge in [-0.3, -0.25) is 4.79 Å². The molecular formula is C18H20F3N3O5S. The lowest BCUT2D eigenvalue weighted by Gasteiger charge is -2.18. The molecule has 0 radical (unpaired) electrons. The van der Waals surface area contributed by atoms with Crippen LogP contribution in [0.2, 0.25) is 0 Å². The van der Waals surface area contributed by atoms with E-state index in [1.807, 2.05) is 0 Å². The average molecular weight is 447 g/mol. The molecule has 2 rings (SSSR count). The summed E-state index contributed by atoms with van der Waals surface area (Å²) in [4.78, 5) is 17.2. The Labute approximate surface area is 171 Å².